The number of rotatable bonds is 12. The molecule has 4 nitrogen and oxygen atoms in total. The van der Waals surface area contributed by atoms with E-state index in [-0.39, 0.29) is 11.6 Å². The van der Waals surface area contributed by atoms with Gasteiger partial charge in [0.1, 0.15) is 11.6 Å². The molecule has 6 heteroatoms. The number of aromatic nitrogens is 2. The third-order valence-corrected chi connectivity index (χ3v) is 18.5. The summed E-state index contributed by atoms with van der Waals surface area (Å²) in [7, 11) is 0. The van der Waals surface area contributed by atoms with Crippen LogP contribution in [-0.2, 0) is 5.41 Å². The summed E-state index contributed by atoms with van der Waals surface area (Å²) in [5.41, 5.74) is 22.7. The lowest BCUT2D eigenvalue weighted by Gasteiger charge is -2.35. The number of halogens is 2. The second-order valence-corrected chi connectivity index (χ2v) is 23.5. The van der Waals surface area contributed by atoms with Gasteiger partial charge in [0.25, 0.3) is 0 Å². The van der Waals surface area contributed by atoms with Crippen molar-refractivity contribution in [3.63, 3.8) is 0 Å². The Kier molecular flexibility index (Phi) is 12.8. The van der Waals surface area contributed by atoms with Gasteiger partial charge in [0.2, 0.25) is 0 Å². The number of anilines is 6. The Labute approximate surface area is 526 Å². The van der Waals surface area contributed by atoms with Crippen molar-refractivity contribution in [1.29, 1.82) is 0 Å². The molecule has 1 aliphatic carbocycles. The van der Waals surface area contributed by atoms with E-state index in [0.717, 1.165) is 134 Å². The zero-order valence-electron chi connectivity index (χ0n) is 49.4. The Balaban J connectivity index is 0.880. The lowest BCUT2D eigenvalue weighted by molar-refractivity contribution is 0.627. The molecule has 91 heavy (non-hydrogen) atoms. The Bertz CT molecular complexity index is 5050. The number of hydrogen-bond donors (Lipinski definition) is 0. The first-order valence-corrected chi connectivity index (χ1v) is 30.8. The maximum atomic E-state index is 14.5. The predicted octanol–water partition coefficient (Wildman–Crippen LogP) is 22.8. The average molecular weight is 1170 g/mol. The van der Waals surface area contributed by atoms with Crippen LogP contribution in [0.4, 0.5) is 42.9 Å². The van der Waals surface area contributed by atoms with Gasteiger partial charge in [-0.25, -0.2) is 8.78 Å². The highest BCUT2D eigenvalue weighted by atomic mass is 19.1. The van der Waals surface area contributed by atoms with Crippen LogP contribution in [0.5, 0.6) is 0 Å². The molecule has 0 saturated heterocycles. The number of hydrogen-bond acceptors (Lipinski definition) is 2. The van der Waals surface area contributed by atoms with E-state index >= 15 is 0 Å². The maximum absolute atomic E-state index is 14.5. The largest absolute Gasteiger partial charge is 0.310 e. The Hall–Kier alpha value is -11.9. The number of nitrogens with zero attached hydrogens (tertiary/aromatic N) is 4. The van der Waals surface area contributed by atoms with Gasteiger partial charge in [-0.15, -0.1) is 0 Å². The maximum Gasteiger partial charge on any atom is 0.123 e. The van der Waals surface area contributed by atoms with E-state index < -0.39 is 5.41 Å². The van der Waals surface area contributed by atoms with Crippen LogP contribution >= 0.6 is 0 Å². The topological polar surface area (TPSA) is 16.3 Å². The summed E-state index contributed by atoms with van der Waals surface area (Å²) in [6, 6.07) is 119. The standard InChI is InChI=1S/C85H56F2N4/c86-63-33-41-67(42-34-63)90-81-27-15-13-25-75(81)77-53-69(47-51-83(77)90)88(65-37-29-59(30-38-65)57-17-5-1-6-18-57)71-45-49-73-74-50-46-72(56-80(74)85(79(73)55-71,61-21-9-3-10-22-61)62-23-11-4-12-24-62)89(66-39-31-60(32-40-66)58-19-7-2-8-20-58)70-48-52-84-78(54-70)76-26-14-16-28-82(76)91(84)68-43-35-64(87)36-44-68/h1-56H. The minimum atomic E-state index is -0.802. The van der Waals surface area contributed by atoms with Crippen LogP contribution in [0.25, 0.3) is 88.4 Å². The number of para-hydroxylation sites is 2. The first-order valence-electron chi connectivity index (χ1n) is 30.8. The van der Waals surface area contributed by atoms with Gasteiger partial charge < -0.3 is 18.9 Å². The summed E-state index contributed by atoms with van der Waals surface area (Å²) in [5, 5.41) is 4.38. The summed E-state index contributed by atoms with van der Waals surface area (Å²) in [5.74, 6) is -0.539. The van der Waals surface area contributed by atoms with Crippen LogP contribution in [0.3, 0.4) is 0 Å². The molecule has 14 aromatic carbocycles. The average Bonchev–Trinajstić information content (AvgIpc) is 1.56. The molecule has 2 aromatic heterocycles. The van der Waals surface area contributed by atoms with Gasteiger partial charge in [-0.2, -0.15) is 0 Å². The van der Waals surface area contributed by atoms with Crippen molar-refractivity contribution in [2.24, 2.45) is 0 Å². The van der Waals surface area contributed by atoms with E-state index in [2.05, 4.69) is 310 Å². The lowest BCUT2D eigenvalue weighted by atomic mass is 9.67. The molecule has 0 bridgehead atoms. The molecule has 1 aliphatic rings. The van der Waals surface area contributed by atoms with Crippen molar-refractivity contribution in [2.45, 2.75) is 5.41 Å². The molecule has 0 spiro atoms. The summed E-state index contributed by atoms with van der Waals surface area (Å²) in [6.45, 7) is 0. The summed E-state index contributed by atoms with van der Waals surface area (Å²) in [4.78, 5) is 4.80. The molecule has 0 fully saturated rings. The van der Waals surface area contributed by atoms with Gasteiger partial charge >= 0.3 is 0 Å². The van der Waals surface area contributed by atoms with Crippen LogP contribution in [0.15, 0.2) is 340 Å². The van der Waals surface area contributed by atoms with E-state index in [9.17, 15) is 8.78 Å². The SMILES string of the molecule is Fc1ccc(-n2c3ccccc3c3cc(N(c4ccc(-c5ccccc5)cc4)c4ccc5c(c4)C(c4ccccc4)(c4ccccc4)c4cc(N(c6ccc(-c7ccccc7)cc6)c6ccc7c(c6)c6ccccc6n7-c6ccc(F)cc6)ccc4-5)ccc32)cc1. The van der Waals surface area contributed by atoms with Gasteiger partial charge in [-0.05, 0) is 201 Å². The van der Waals surface area contributed by atoms with Crippen LogP contribution in [0, 0.1) is 11.6 Å². The zero-order chi connectivity index (χ0) is 60.6. The van der Waals surface area contributed by atoms with E-state index in [1.54, 1.807) is 0 Å². The molecule has 0 amide bonds. The smallest absolute Gasteiger partial charge is 0.123 e. The van der Waals surface area contributed by atoms with Crippen LogP contribution in [0.1, 0.15) is 22.3 Å². The van der Waals surface area contributed by atoms with Gasteiger partial charge in [-0.1, -0.05) is 194 Å². The van der Waals surface area contributed by atoms with Crippen molar-refractivity contribution < 1.29 is 8.78 Å². The number of fused-ring (bicyclic) bond motifs is 9. The first kappa shape index (κ1) is 53.4. The van der Waals surface area contributed by atoms with Crippen molar-refractivity contribution >= 4 is 77.7 Å². The third-order valence-electron chi connectivity index (χ3n) is 18.5. The minimum absolute atomic E-state index is 0.270. The molecule has 0 unspecified atom stereocenters. The van der Waals surface area contributed by atoms with Crippen molar-refractivity contribution in [2.75, 3.05) is 9.80 Å². The molecule has 0 atom stereocenters. The highest BCUT2D eigenvalue weighted by Crippen LogP contribution is 2.59. The van der Waals surface area contributed by atoms with Crippen molar-refractivity contribution in [3.8, 4) is 44.8 Å². The monoisotopic (exact) mass is 1170 g/mol. The molecule has 0 saturated carbocycles. The quantitative estimate of drug-likeness (QED) is 0.121. The van der Waals surface area contributed by atoms with Crippen LogP contribution in [0.2, 0.25) is 0 Å². The highest BCUT2D eigenvalue weighted by molar-refractivity contribution is 6.12. The first-order chi connectivity index (χ1) is 44.9. The molecular formula is C85H56F2N4. The van der Waals surface area contributed by atoms with E-state index in [0.29, 0.717) is 0 Å². The Morgan fingerprint density at radius 1 is 0.242 bits per heavy atom. The van der Waals surface area contributed by atoms with E-state index in [1.807, 2.05) is 24.3 Å². The normalized spacial score (nSPS) is 12.4. The summed E-state index contributed by atoms with van der Waals surface area (Å²) in [6.07, 6.45) is 0. The lowest BCUT2D eigenvalue weighted by Crippen LogP contribution is -2.29. The molecule has 16 aromatic rings. The van der Waals surface area contributed by atoms with Crippen molar-refractivity contribution in [3.05, 3.63) is 374 Å². The molecule has 430 valence electrons. The van der Waals surface area contributed by atoms with Crippen molar-refractivity contribution in [1.82, 2.24) is 9.13 Å². The Morgan fingerprint density at radius 2 is 0.549 bits per heavy atom. The fourth-order valence-corrected chi connectivity index (χ4v) is 14.4. The van der Waals surface area contributed by atoms with Gasteiger partial charge in [0.05, 0.1) is 27.5 Å². The van der Waals surface area contributed by atoms with Gasteiger partial charge in [-0.3, -0.25) is 0 Å². The van der Waals surface area contributed by atoms with E-state index in [4.69, 9.17) is 0 Å². The fraction of sp³-hybridized carbons (Fsp3) is 0.0118. The zero-order valence-corrected chi connectivity index (χ0v) is 49.4. The Morgan fingerprint density at radius 3 is 0.945 bits per heavy atom. The molecule has 17 rings (SSSR count). The van der Waals surface area contributed by atoms with Gasteiger partial charge in [0.15, 0.2) is 0 Å². The second kappa shape index (κ2) is 21.8. The number of benzene rings is 14. The van der Waals surface area contributed by atoms with E-state index in [1.165, 1.54) is 35.4 Å². The summed E-state index contributed by atoms with van der Waals surface area (Å²) >= 11 is 0. The summed E-state index contributed by atoms with van der Waals surface area (Å²) < 4.78 is 33.4. The second-order valence-electron chi connectivity index (χ2n) is 23.5. The highest BCUT2D eigenvalue weighted by Gasteiger charge is 2.47. The predicted molar refractivity (Wildman–Crippen MR) is 373 cm³/mol. The molecule has 0 N–H and O–H groups in total. The molecule has 0 aliphatic heterocycles. The minimum Gasteiger partial charge on any atom is -0.310 e. The molecular weight excluding hydrogens is 1110 g/mol. The molecule has 2 heterocycles. The van der Waals surface area contributed by atoms with Gasteiger partial charge in [0, 0.05) is 67.0 Å². The van der Waals surface area contributed by atoms with Crippen LogP contribution in [-0.4, -0.2) is 9.13 Å². The third kappa shape index (κ3) is 8.86. The fourth-order valence-electron chi connectivity index (χ4n) is 14.4. The van der Waals surface area contributed by atoms with Crippen LogP contribution < -0.4 is 9.80 Å². The molecule has 0 radical (unpaired) electrons.